The van der Waals surface area contributed by atoms with Gasteiger partial charge in [0.05, 0.1) is 9.96 Å². The average Bonchev–Trinajstić information content (AvgIpc) is 2.18. The van der Waals surface area contributed by atoms with E-state index in [0.717, 1.165) is 6.08 Å². The molecule has 15 heavy (non-hydrogen) atoms. The number of aldehydes is 1. The van der Waals surface area contributed by atoms with Crippen molar-refractivity contribution in [1.29, 1.82) is 0 Å². The van der Waals surface area contributed by atoms with E-state index in [0.29, 0.717) is 17.4 Å². The van der Waals surface area contributed by atoms with Crippen LogP contribution in [-0.4, -0.2) is 11.2 Å². The Hall–Kier alpha value is -1.68. The molecule has 78 valence electrons. The zero-order chi connectivity index (χ0) is 11.4. The number of nitro groups is 1. The van der Waals surface area contributed by atoms with Gasteiger partial charge in [-0.05, 0) is 18.6 Å². The molecule has 0 radical (unpaired) electrons. The van der Waals surface area contributed by atoms with Gasteiger partial charge >= 0.3 is 0 Å². The van der Waals surface area contributed by atoms with Gasteiger partial charge in [0.2, 0.25) is 0 Å². The summed E-state index contributed by atoms with van der Waals surface area (Å²) in [5, 5.41) is 10.8. The summed E-state index contributed by atoms with van der Waals surface area (Å²) in [5.41, 5.74) is 1.00. The van der Waals surface area contributed by atoms with Crippen molar-refractivity contribution < 1.29 is 9.72 Å². The van der Waals surface area contributed by atoms with Crippen LogP contribution in [0, 0.1) is 17.0 Å². The monoisotopic (exact) mass is 225 g/mol. The van der Waals surface area contributed by atoms with E-state index in [1.807, 2.05) is 0 Å². The number of allylic oxidation sites excluding steroid dienone is 1. The van der Waals surface area contributed by atoms with Crippen LogP contribution >= 0.6 is 11.6 Å². The molecule has 1 aromatic rings. The van der Waals surface area contributed by atoms with Crippen LogP contribution in [0.15, 0.2) is 24.3 Å². The molecule has 0 N–H and O–H groups in total. The van der Waals surface area contributed by atoms with Crippen molar-refractivity contribution in [2.45, 2.75) is 6.92 Å². The Kier molecular flexibility index (Phi) is 3.57. The topological polar surface area (TPSA) is 60.2 Å². The predicted molar refractivity (Wildman–Crippen MR) is 57.7 cm³/mol. The Balaban J connectivity index is 3.24. The molecule has 0 aliphatic heterocycles. The number of hydrogen-bond donors (Lipinski definition) is 0. The molecular weight excluding hydrogens is 218 g/mol. The zero-order valence-corrected chi connectivity index (χ0v) is 8.69. The SMILES string of the molecule is Cc1ccc(/C(Cl)=C/C=O)cc1[N+](=O)[O-]. The van der Waals surface area contributed by atoms with E-state index >= 15 is 0 Å². The Morgan fingerprint density at radius 2 is 2.20 bits per heavy atom. The molecule has 0 saturated carbocycles. The molecule has 0 saturated heterocycles. The normalized spacial score (nSPS) is 11.2. The number of carbonyl (C=O) groups is 1. The number of rotatable bonds is 3. The molecule has 1 aromatic carbocycles. The third-order valence-electron chi connectivity index (χ3n) is 1.90. The average molecular weight is 226 g/mol. The summed E-state index contributed by atoms with van der Waals surface area (Å²) >= 11 is 5.74. The molecule has 0 bridgehead atoms. The van der Waals surface area contributed by atoms with E-state index in [2.05, 4.69) is 0 Å². The first-order valence-electron chi connectivity index (χ1n) is 4.12. The fourth-order valence-corrected chi connectivity index (χ4v) is 1.28. The molecule has 0 atom stereocenters. The maximum Gasteiger partial charge on any atom is 0.272 e. The number of benzene rings is 1. The largest absolute Gasteiger partial charge is 0.299 e. The lowest BCUT2D eigenvalue weighted by Gasteiger charge is -2.00. The van der Waals surface area contributed by atoms with Crippen molar-refractivity contribution in [2.75, 3.05) is 0 Å². The maximum absolute atomic E-state index is 10.6. The van der Waals surface area contributed by atoms with Gasteiger partial charge < -0.3 is 0 Å². The minimum absolute atomic E-state index is 0.00931. The first-order chi connectivity index (χ1) is 7.06. The highest BCUT2D eigenvalue weighted by Crippen LogP contribution is 2.25. The van der Waals surface area contributed by atoms with Crippen LogP contribution < -0.4 is 0 Å². The lowest BCUT2D eigenvalue weighted by Crippen LogP contribution is -1.92. The highest BCUT2D eigenvalue weighted by molar-refractivity contribution is 6.49. The Morgan fingerprint density at radius 1 is 1.53 bits per heavy atom. The number of hydrogen-bond acceptors (Lipinski definition) is 3. The minimum atomic E-state index is -0.482. The molecular formula is C10H8ClNO3. The fourth-order valence-electron chi connectivity index (χ4n) is 1.11. The van der Waals surface area contributed by atoms with Crippen LogP contribution in [0.1, 0.15) is 11.1 Å². The van der Waals surface area contributed by atoms with Crippen molar-refractivity contribution >= 4 is 28.6 Å². The second-order valence-corrected chi connectivity index (χ2v) is 3.32. The van der Waals surface area contributed by atoms with Gasteiger partial charge in [-0.15, -0.1) is 0 Å². The summed E-state index contributed by atoms with van der Waals surface area (Å²) in [4.78, 5) is 20.3. The van der Waals surface area contributed by atoms with Gasteiger partial charge in [0, 0.05) is 11.6 Å². The van der Waals surface area contributed by atoms with Crippen molar-refractivity contribution in [3.05, 3.63) is 45.5 Å². The number of nitro benzene ring substituents is 1. The Morgan fingerprint density at radius 3 is 2.73 bits per heavy atom. The van der Waals surface area contributed by atoms with E-state index in [1.54, 1.807) is 19.1 Å². The molecule has 0 spiro atoms. The van der Waals surface area contributed by atoms with Gasteiger partial charge in [-0.25, -0.2) is 0 Å². The highest BCUT2D eigenvalue weighted by Gasteiger charge is 2.11. The molecule has 0 amide bonds. The summed E-state index contributed by atoms with van der Waals surface area (Å²) in [6.45, 7) is 1.64. The standard InChI is InChI=1S/C10H8ClNO3/c1-7-2-3-8(9(11)4-5-13)6-10(7)12(14)15/h2-6H,1H3/b9-4-. The van der Waals surface area contributed by atoms with Crippen LogP contribution in [0.3, 0.4) is 0 Å². The van der Waals surface area contributed by atoms with Crippen LogP contribution in [0.25, 0.3) is 5.03 Å². The van der Waals surface area contributed by atoms with E-state index in [4.69, 9.17) is 11.6 Å². The van der Waals surface area contributed by atoms with Gasteiger partial charge in [0.1, 0.15) is 6.29 Å². The van der Waals surface area contributed by atoms with Crippen LogP contribution in [0.2, 0.25) is 0 Å². The van der Waals surface area contributed by atoms with Crippen molar-refractivity contribution in [2.24, 2.45) is 0 Å². The van der Waals surface area contributed by atoms with Gasteiger partial charge in [-0.1, -0.05) is 23.7 Å². The summed E-state index contributed by atoms with van der Waals surface area (Å²) in [6.07, 6.45) is 1.68. The lowest BCUT2D eigenvalue weighted by atomic mass is 10.1. The number of carbonyl (C=O) groups excluding carboxylic acids is 1. The van der Waals surface area contributed by atoms with Crippen molar-refractivity contribution in [1.82, 2.24) is 0 Å². The minimum Gasteiger partial charge on any atom is -0.299 e. The number of aryl methyl sites for hydroxylation is 1. The van der Waals surface area contributed by atoms with Crippen molar-refractivity contribution in [3.8, 4) is 0 Å². The molecule has 0 aromatic heterocycles. The van der Waals surface area contributed by atoms with Crippen LogP contribution in [0.4, 0.5) is 5.69 Å². The summed E-state index contributed by atoms with van der Waals surface area (Å²) in [6, 6.07) is 4.57. The summed E-state index contributed by atoms with van der Waals surface area (Å²) < 4.78 is 0. The van der Waals surface area contributed by atoms with Crippen molar-refractivity contribution in [3.63, 3.8) is 0 Å². The summed E-state index contributed by atoms with van der Waals surface area (Å²) in [7, 11) is 0. The second-order valence-electron chi connectivity index (χ2n) is 2.91. The molecule has 0 aliphatic carbocycles. The van der Waals surface area contributed by atoms with E-state index in [-0.39, 0.29) is 10.7 Å². The molecule has 0 fully saturated rings. The van der Waals surface area contributed by atoms with Gasteiger partial charge in [-0.2, -0.15) is 0 Å². The van der Waals surface area contributed by atoms with Crippen LogP contribution in [-0.2, 0) is 4.79 Å². The number of nitrogens with zero attached hydrogens (tertiary/aromatic N) is 1. The third-order valence-corrected chi connectivity index (χ3v) is 2.24. The van der Waals surface area contributed by atoms with Gasteiger partial charge in [0.15, 0.2) is 0 Å². The Labute approximate surface area is 91.3 Å². The molecule has 4 nitrogen and oxygen atoms in total. The van der Waals surface area contributed by atoms with Gasteiger partial charge in [-0.3, -0.25) is 14.9 Å². The lowest BCUT2D eigenvalue weighted by molar-refractivity contribution is -0.385. The third kappa shape index (κ3) is 2.63. The first kappa shape index (κ1) is 11.4. The molecule has 1 rings (SSSR count). The number of halogens is 1. The zero-order valence-electron chi connectivity index (χ0n) is 7.94. The maximum atomic E-state index is 10.6. The van der Waals surface area contributed by atoms with E-state index in [9.17, 15) is 14.9 Å². The smallest absolute Gasteiger partial charge is 0.272 e. The van der Waals surface area contributed by atoms with Gasteiger partial charge in [0.25, 0.3) is 5.69 Å². The highest BCUT2D eigenvalue weighted by atomic mass is 35.5. The molecule has 0 aliphatic rings. The van der Waals surface area contributed by atoms with E-state index < -0.39 is 4.92 Å². The quantitative estimate of drug-likeness (QED) is 0.344. The van der Waals surface area contributed by atoms with E-state index in [1.165, 1.54) is 6.07 Å². The van der Waals surface area contributed by atoms with Crippen LogP contribution in [0.5, 0.6) is 0 Å². The Bertz CT molecular complexity index is 440. The predicted octanol–water partition coefficient (Wildman–Crippen LogP) is 2.68. The molecule has 0 heterocycles. The summed E-state index contributed by atoms with van der Waals surface area (Å²) in [5.74, 6) is 0. The second kappa shape index (κ2) is 4.70. The fraction of sp³-hybridized carbons (Fsp3) is 0.100. The molecule has 0 unspecified atom stereocenters. The molecule has 5 heteroatoms. The first-order valence-corrected chi connectivity index (χ1v) is 4.50.